The van der Waals surface area contributed by atoms with Gasteiger partial charge < -0.3 is 18.9 Å². The van der Waals surface area contributed by atoms with Crippen LogP contribution in [0.4, 0.5) is 56.1 Å². The smallest absolute Gasteiger partial charge is 0.375 e. The third-order valence-corrected chi connectivity index (χ3v) is 21.3. The van der Waals surface area contributed by atoms with Crippen molar-refractivity contribution in [3.8, 4) is 0 Å². The predicted octanol–water partition coefficient (Wildman–Crippen LogP) is 20.2. The van der Waals surface area contributed by atoms with Crippen molar-refractivity contribution in [2.45, 2.75) is 317 Å². The van der Waals surface area contributed by atoms with Gasteiger partial charge in [0.1, 0.15) is 56.1 Å². The summed E-state index contributed by atoms with van der Waals surface area (Å²) in [6.07, 6.45) is 6.26. The molecule has 12 heterocycles. The summed E-state index contributed by atoms with van der Waals surface area (Å²) >= 11 is 18.0. The molecule has 3 aliphatic carbocycles. The number of carbonyl (C=O) groups excluding carboxylic acids is 5. The number of halogens is 9. The van der Waals surface area contributed by atoms with Gasteiger partial charge in [0.05, 0.1) is 73.5 Å². The van der Waals surface area contributed by atoms with Crippen molar-refractivity contribution in [1.82, 2.24) is 72.7 Å². The van der Waals surface area contributed by atoms with Crippen LogP contribution in [0.15, 0.2) is 60.7 Å². The van der Waals surface area contributed by atoms with Gasteiger partial charge in [0, 0.05) is 48.8 Å². The fourth-order valence-corrected chi connectivity index (χ4v) is 15.0. The Morgan fingerprint density at radius 2 is 0.776 bits per heavy atom. The topological polar surface area (TPSA) is 336 Å². The molecule has 680 valence electrons. The molecule has 3 saturated carbocycles. The van der Waals surface area contributed by atoms with E-state index in [2.05, 4.69) is 118 Å². The number of rotatable bonds is 25. The van der Waals surface area contributed by atoms with E-state index < -0.39 is 37.0 Å². The fourth-order valence-electron chi connectivity index (χ4n) is 14.5. The number of fused-ring (bicyclic) bond motifs is 5. The van der Waals surface area contributed by atoms with Gasteiger partial charge in [-0.2, -0.15) is 26.3 Å². The molecule has 0 radical (unpaired) electrons. The van der Waals surface area contributed by atoms with Crippen molar-refractivity contribution < 1.29 is 69.3 Å². The number of carbonyl (C=O) groups is 5. The van der Waals surface area contributed by atoms with Crippen molar-refractivity contribution in [3.05, 3.63) is 87.5 Å². The van der Waals surface area contributed by atoms with E-state index in [-0.39, 0.29) is 107 Å². The monoisotopic (exact) mass is 1800 g/mol. The van der Waals surface area contributed by atoms with E-state index in [0.29, 0.717) is 112 Å². The average molecular weight is 1810 g/mol. The van der Waals surface area contributed by atoms with Gasteiger partial charge in [-0.25, -0.2) is 49.8 Å². The number of nitrogens with one attached hydrogen (secondary N) is 5. The lowest BCUT2D eigenvalue weighted by atomic mass is 9.92. The molecule has 125 heavy (non-hydrogen) atoms. The zero-order chi connectivity index (χ0) is 90.9. The van der Waals surface area contributed by atoms with Gasteiger partial charge in [-0.15, -0.1) is 0 Å². The Bertz CT molecular complexity index is 5460. The first-order valence-corrected chi connectivity index (χ1v) is 43.9. The van der Waals surface area contributed by atoms with Crippen LogP contribution in [0.3, 0.4) is 0 Å². The summed E-state index contributed by atoms with van der Waals surface area (Å²) in [7, 11) is 0. The van der Waals surface area contributed by atoms with Gasteiger partial charge in [-0.3, -0.25) is 73.4 Å². The molecule has 0 bridgehead atoms. The second-order valence-corrected chi connectivity index (χ2v) is 37.9. The van der Waals surface area contributed by atoms with Crippen LogP contribution in [0, 0.1) is 5.41 Å². The second-order valence-electron chi connectivity index (χ2n) is 36.7. The minimum absolute atomic E-state index is 0.0211. The molecule has 5 fully saturated rings. The van der Waals surface area contributed by atoms with E-state index in [1.807, 2.05) is 88.1 Å². The Hall–Kier alpha value is -9.26. The van der Waals surface area contributed by atoms with Crippen LogP contribution in [-0.4, -0.2) is 162 Å². The molecular weight excluding hydrogens is 1690 g/mol. The molecule has 2 atom stereocenters. The molecule has 5 amide bonds. The molecule has 15 rings (SSSR count). The third-order valence-electron chi connectivity index (χ3n) is 20.7. The molecule has 2 aliphatic heterocycles. The lowest BCUT2D eigenvalue weighted by molar-refractivity contribution is -0.140. The summed E-state index contributed by atoms with van der Waals surface area (Å²) in [5.74, 6) is 0.841. The fraction of sp³-hybridized carbons (Fsp3) is 0.598. The second kappa shape index (κ2) is 40.4. The molecule has 0 aromatic carbocycles. The lowest BCUT2D eigenvalue weighted by Crippen LogP contribution is -2.37. The highest BCUT2D eigenvalue weighted by atomic mass is 35.5. The Kier molecular flexibility index (Phi) is 31.1. The van der Waals surface area contributed by atoms with Crippen molar-refractivity contribution in [2.24, 2.45) is 5.41 Å². The zero-order valence-corrected chi connectivity index (χ0v) is 75.9. The van der Waals surface area contributed by atoms with Gasteiger partial charge >= 0.3 is 12.4 Å². The van der Waals surface area contributed by atoms with Gasteiger partial charge in [0.2, 0.25) is 59.3 Å². The Morgan fingerprint density at radius 3 is 1.14 bits per heavy atom. The first-order chi connectivity index (χ1) is 58.6. The number of nitrogens with zero attached hydrogens (tertiary/aromatic N) is 15. The van der Waals surface area contributed by atoms with Crippen molar-refractivity contribution >= 4 is 150 Å². The number of hydrogen-bond donors (Lipinski definition) is 5. The molecule has 2 unspecified atom stereocenters. The number of anilines is 5. The minimum atomic E-state index is -4.46. The van der Waals surface area contributed by atoms with E-state index in [4.69, 9.17) is 53.8 Å². The number of alkyl halides is 6. The summed E-state index contributed by atoms with van der Waals surface area (Å²) in [4.78, 5) is 105. The number of ether oxygens (including phenoxy) is 4. The summed E-state index contributed by atoms with van der Waals surface area (Å²) in [6, 6.07) is 17.8. The van der Waals surface area contributed by atoms with E-state index in [9.17, 15) is 50.3 Å². The van der Waals surface area contributed by atoms with Crippen LogP contribution in [0.5, 0.6) is 0 Å². The number of amides is 5. The maximum atomic E-state index is 13.1. The maximum Gasteiger partial charge on any atom is 0.406 e. The van der Waals surface area contributed by atoms with Gasteiger partial charge in [0.15, 0.2) is 28.2 Å². The molecule has 29 nitrogen and oxygen atoms in total. The summed E-state index contributed by atoms with van der Waals surface area (Å²) < 4.78 is 109. The predicted molar refractivity (Wildman–Crippen MR) is 470 cm³/mol. The highest BCUT2D eigenvalue weighted by Gasteiger charge is 2.38. The minimum Gasteiger partial charge on any atom is -0.375 e. The first-order valence-electron chi connectivity index (χ1n) is 42.7. The van der Waals surface area contributed by atoms with Crippen molar-refractivity contribution in [2.75, 3.05) is 39.8 Å². The van der Waals surface area contributed by atoms with Gasteiger partial charge in [-0.05, 0) is 225 Å². The lowest BCUT2D eigenvalue weighted by Gasteiger charge is -2.35. The Balaban J connectivity index is 0.000000152. The van der Waals surface area contributed by atoms with Crippen LogP contribution in [0.25, 0.3) is 55.8 Å². The molecule has 10 aromatic rings. The summed E-state index contributed by atoms with van der Waals surface area (Å²) in [6.45, 7) is 29.0. The Morgan fingerprint density at radius 1 is 0.424 bits per heavy atom. The molecule has 5 aliphatic rings. The molecule has 5 N–H and O–H groups in total. The summed E-state index contributed by atoms with van der Waals surface area (Å²) in [5, 5.41) is 15.0. The third kappa shape index (κ3) is 28.6. The highest BCUT2D eigenvalue weighted by Crippen LogP contribution is 2.43. The van der Waals surface area contributed by atoms with Crippen LogP contribution in [0.2, 0.25) is 15.5 Å². The zero-order valence-electron chi connectivity index (χ0n) is 73.6. The van der Waals surface area contributed by atoms with E-state index in [1.165, 1.54) is 6.42 Å². The summed E-state index contributed by atoms with van der Waals surface area (Å²) in [5.41, 5.74) is 5.61. The first kappa shape index (κ1) is 96.4. The molecule has 2 saturated heterocycles. The normalized spacial score (nSPS) is 17.2. The largest absolute Gasteiger partial charge is 0.406 e. The number of aromatic nitrogens is 15. The number of imidazole rings is 5. The highest BCUT2D eigenvalue weighted by molar-refractivity contribution is 6.30. The molecule has 0 spiro atoms. The van der Waals surface area contributed by atoms with E-state index in [1.54, 1.807) is 48.5 Å². The van der Waals surface area contributed by atoms with Crippen LogP contribution in [0.1, 0.15) is 255 Å². The molecule has 38 heteroatoms. The van der Waals surface area contributed by atoms with Crippen LogP contribution >= 0.6 is 34.8 Å². The van der Waals surface area contributed by atoms with E-state index >= 15 is 0 Å². The number of hydrogen-bond acceptors (Lipinski definition) is 19. The van der Waals surface area contributed by atoms with Crippen LogP contribution < -0.4 is 26.6 Å². The quantitative estimate of drug-likeness (QED) is 0.0262. The van der Waals surface area contributed by atoms with E-state index in [0.717, 1.165) is 121 Å². The Labute approximate surface area is 737 Å². The molecule has 10 aromatic heterocycles. The standard InChI is InChI=1S/C19H25ClN4O2.C18H23F3N4O2.C17H23ClN4O2.C17H21F3N4O.C16H23ClN4O2/c1-19(2)10-4-7-13(26-19)11-16(25)23-18-21-14-8-9-15(20)22-17(14)24(18)12-5-3-6-12;1-17(2,3)27-9-8-14(26)24-16-23-13-7-6-12(11-4-5-11)22-15(13)25(16)10-18(19,20)21;1-4-9-22-15-12(5-6-13(18)20-15)19-16(22)21-14(23)10-11-7-8-17(2,3)24-11;1-16(2,3)8-13(25)23-15-22-12-7-6-11(10-4-5-10)21-14(12)24(15)9-17(18,19)20;1-5-9-21-14-11(6-7-12(17)19-14)18-15(21)20-13(22)8-10-23-16(2,3)4/h8-9,12-13H,3-7,10-11H2,1-2H3,(H,21,23,25);6-7,11H,4-5,8-10H2,1-3H3,(H,23,24,26);5-6,11H,4,7-10H2,1-3H3,(H,19,21,23);6-7,10H,4-5,8-9H2,1-3H3,(H,22,23,25);6-7H,5,8-10H2,1-4H3,(H,18,20,22). The maximum absolute atomic E-state index is 13.1. The SMILES string of the molecule is CC(C)(C)CC(=O)Nc1nc2ccc(C3CC3)nc2n1CC(F)(F)F.CC(C)(C)OCCC(=O)Nc1nc2ccc(C3CC3)nc2n1CC(F)(F)F.CC1(C)CCCC(CC(=O)Nc2nc3ccc(Cl)nc3n2C2CCC2)O1.CCCn1c(NC(=O)CC2CCC(C)(C)O2)nc2ccc(Cl)nc21.CCCn1c(NC(=O)CCOC(C)(C)C)nc2ccc(Cl)nc21. The van der Waals surface area contributed by atoms with Crippen molar-refractivity contribution in [3.63, 3.8) is 0 Å². The van der Waals surface area contributed by atoms with Gasteiger partial charge in [-0.1, -0.05) is 69.4 Å². The number of aryl methyl sites for hydroxylation is 2. The number of pyridine rings is 5. The molecular formula is C87H115Cl3F6N20O9. The van der Waals surface area contributed by atoms with Gasteiger partial charge in [0.25, 0.3) is 0 Å². The van der Waals surface area contributed by atoms with Crippen molar-refractivity contribution in [1.29, 1.82) is 0 Å². The van der Waals surface area contributed by atoms with Crippen LogP contribution in [-0.2, 0) is 69.1 Å². The average Bonchev–Trinajstić information content (AvgIpc) is 1.64.